The molecule has 3 aromatic carbocycles. The molecule has 1 saturated heterocycles. The minimum absolute atomic E-state index is 0.117. The van der Waals surface area contributed by atoms with Crippen LogP contribution in [0.2, 0.25) is 0 Å². The highest BCUT2D eigenvalue weighted by molar-refractivity contribution is 5.95. The summed E-state index contributed by atoms with van der Waals surface area (Å²) in [5.41, 5.74) is 3.98. The summed E-state index contributed by atoms with van der Waals surface area (Å²) < 4.78 is 26.0. The Kier molecular flexibility index (Phi) is 8.60. The second kappa shape index (κ2) is 12.9. The lowest BCUT2D eigenvalue weighted by molar-refractivity contribution is 0.0275. The van der Waals surface area contributed by atoms with Crippen molar-refractivity contribution in [1.82, 2.24) is 19.7 Å². The second-order valence-corrected chi connectivity index (χ2v) is 12.2. The Hall–Kier alpha value is -5.05. The first-order valence-corrected chi connectivity index (χ1v) is 15.2. The van der Waals surface area contributed by atoms with Crippen molar-refractivity contribution < 1.29 is 23.7 Å². The van der Waals surface area contributed by atoms with E-state index in [0.717, 1.165) is 45.5 Å². The molecule has 1 atom stereocenters. The molecule has 1 aliphatic heterocycles. The number of nitrogens with zero attached hydrogens (tertiary/aromatic N) is 4. The molecule has 0 aliphatic carbocycles. The van der Waals surface area contributed by atoms with Crippen LogP contribution in [0.5, 0.6) is 17.5 Å². The van der Waals surface area contributed by atoms with E-state index in [-0.39, 0.29) is 12.2 Å². The van der Waals surface area contributed by atoms with Gasteiger partial charge in [0.25, 0.3) is 0 Å². The van der Waals surface area contributed by atoms with Gasteiger partial charge in [0.2, 0.25) is 11.8 Å². The Morgan fingerprint density at radius 3 is 2.27 bits per heavy atom. The third kappa shape index (κ3) is 7.37. The van der Waals surface area contributed by atoms with Crippen LogP contribution in [0.4, 0.5) is 4.79 Å². The van der Waals surface area contributed by atoms with Crippen LogP contribution in [0, 0.1) is 0 Å². The van der Waals surface area contributed by atoms with E-state index in [0.29, 0.717) is 38.1 Å². The number of fused-ring (bicyclic) bond motifs is 1. The molecule has 1 unspecified atom stereocenters. The molecular formula is C36H38N4O5. The predicted octanol–water partition coefficient (Wildman–Crippen LogP) is 7.18. The van der Waals surface area contributed by atoms with Gasteiger partial charge in [-0.25, -0.2) is 4.79 Å². The van der Waals surface area contributed by atoms with E-state index in [9.17, 15) is 4.79 Å². The van der Waals surface area contributed by atoms with Crippen LogP contribution in [0.25, 0.3) is 22.2 Å². The van der Waals surface area contributed by atoms with E-state index in [1.54, 1.807) is 4.90 Å². The number of amides is 1. The Bertz CT molecular complexity index is 1770. The predicted molar refractivity (Wildman–Crippen MR) is 172 cm³/mol. The van der Waals surface area contributed by atoms with Crippen LogP contribution in [0.1, 0.15) is 38.3 Å². The molecule has 0 N–H and O–H groups in total. The smallest absolute Gasteiger partial charge is 0.410 e. The molecule has 5 aromatic rings. The zero-order chi connectivity index (χ0) is 31.4. The number of carbonyl (C=O) groups excluding carboxylic acids is 1. The van der Waals surface area contributed by atoms with Crippen LogP contribution in [-0.4, -0.2) is 50.6 Å². The molecule has 232 valence electrons. The summed E-state index contributed by atoms with van der Waals surface area (Å²) >= 11 is 0. The fourth-order valence-electron chi connectivity index (χ4n) is 5.27. The number of hydrogen-bond donors (Lipinski definition) is 0. The highest BCUT2D eigenvalue weighted by atomic mass is 16.6. The summed E-state index contributed by atoms with van der Waals surface area (Å²) in [5, 5.41) is 5.81. The van der Waals surface area contributed by atoms with Crippen molar-refractivity contribution in [3.05, 3.63) is 102 Å². The number of carbonyl (C=O) groups is 1. The molecule has 0 spiro atoms. The van der Waals surface area contributed by atoms with Crippen LogP contribution in [0.15, 0.2) is 91.0 Å². The number of pyridine rings is 1. The first-order chi connectivity index (χ1) is 21.7. The Morgan fingerprint density at radius 1 is 0.889 bits per heavy atom. The molecule has 0 saturated carbocycles. The fourth-order valence-corrected chi connectivity index (χ4v) is 5.27. The Labute approximate surface area is 263 Å². The molecule has 0 radical (unpaired) electrons. The Morgan fingerprint density at radius 2 is 1.58 bits per heavy atom. The van der Waals surface area contributed by atoms with Crippen LogP contribution < -0.4 is 14.2 Å². The number of hydrogen-bond acceptors (Lipinski definition) is 7. The quantitative estimate of drug-likeness (QED) is 0.176. The van der Waals surface area contributed by atoms with Crippen molar-refractivity contribution in [2.45, 2.75) is 52.1 Å². The lowest BCUT2D eigenvalue weighted by Gasteiger charge is -2.24. The van der Waals surface area contributed by atoms with E-state index in [1.807, 2.05) is 123 Å². The molecular weight excluding hydrogens is 568 g/mol. The molecule has 9 nitrogen and oxygen atoms in total. The standard InChI is InChI=1S/C36H38N4O5/c1-36(2,3)45-35(41)40-20-19-28(22-40)44-27-15-16-29-31(21-27)39(4)38-33(29)30-17-18-32(42-23-25-11-7-5-8-12-25)37-34(30)43-24-26-13-9-6-10-14-26/h5-18,21,28H,19-20,22-24H2,1-4H3. The average molecular weight is 607 g/mol. The van der Waals surface area contributed by atoms with Crippen molar-refractivity contribution in [1.29, 1.82) is 0 Å². The van der Waals surface area contributed by atoms with E-state index in [2.05, 4.69) is 0 Å². The number of benzene rings is 3. The van der Waals surface area contributed by atoms with Gasteiger partial charge in [-0.1, -0.05) is 60.7 Å². The van der Waals surface area contributed by atoms with Gasteiger partial charge in [-0.15, -0.1) is 0 Å². The molecule has 2 aromatic heterocycles. The molecule has 3 heterocycles. The van der Waals surface area contributed by atoms with E-state index < -0.39 is 5.60 Å². The maximum atomic E-state index is 12.5. The summed E-state index contributed by atoms with van der Waals surface area (Å²) in [6.07, 6.45) is 0.310. The summed E-state index contributed by atoms with van der Waals surface area (Å²) in [4.78, 5) is 19.0. The lowest BCUT2D eigenvalue weighted by Crippen LogP contribution is -2.36. The molecule has 1 aliphatic rings. The number of rotatable bonds is 9. The maximum absolute atomic E-state index is 12.5. The van der Waals surface area contributed by atoms with Gasteiger partial charge in [0.05, 0.1) is 17.6 Å². The minimum Gasteiger partial charge on any atom is -0.488 e. The van der Waals surface area contributed by atoms with Gasteiger partial charge in [0, 0.05) is 37.5 Å². The third-order valence-corrected chi connectivity index (χ3v) is 7.46. The monoisotopic (exact) mass is 606 g/mol. The van der Waals surface area contributed by atoms with Crippen molar-refractivity contribution in [3.63, 3.8) is 0 Å². The first-order valence-electron chi connectivity index (χ1n) is 15.2. The van der Waals surface area contributed by atoms with Gasteiger partial charge in [-0.2, -0.15) is 10.1 Å². The van der Waals surface area contributed by atoms with Crippen LogP contribution >= 0.6 is 0 Å². The highest BCUT2D eigenvalue weighted by Crippen LogP contribution is 2.36. The number of ether oxygens (including phenoxy) is 4. The number of aromatic nitrogens is 3. The molecule has 1 amide bonds. The van der Waals surface area contributed by atoms with Crippen molar-refractivity contribution in [2.24, 2.45) is 7.05 Å². The van der Waals surface area contributed by atoms with E-state index in [1.165, 1.54) is 0 Å². The summed E-state index contributed by atoms with van der Waals surface area (Å²) in [6.45, 7) is 7.45. The number of aryl methyl sites for hydroxylation is 1. The van der Waals surface area contributed by atoms with Crippen molar-refractivity contribution in [3.8, 4) is 28.8 Å². The average Bonchev–Trinajstić information content (AvgIpc) is 3.63. The Balaban J connectivity index is 1.23. The van der Waals surface area contributed by atoms with Gasteiger partial charge in [-0.3, -0.25) is 4.68 Å². The van der Waals surface area contributed by atoms with Gasteiger partial charge >= 0.3 is 6.09 Å². The largest absolute Gasteiger partial charge is 0.488 e. The maximum Gasteiger partial charge on any atom is 0.410 e. The van der Waals surface area contributed by atoms with E-state index in [4.69, 9.17) is 29.0 Å². The molecule has 1 fully saturated rings. The molecule has 6 rings (SSSR count). The molecule has 45 heavy (non-hydrogen) atoms. The topological polar surface area (TPSA) is 87.9 Å². The molecule has 9 heteroatoms. The van der Waals surface area contributed by atoms with Crippen LogP contribution in [0.3, 0.4) is 0 Å². The third-order valence-electron chi connectivity index (χ3n) is 7.46. The van der Waals surface area contributed by atoms with Gasteiger partial charge in [-0.05, 0) is 50.1 Å². The lowest BCUT2D eigenvalue weighted by atomic mass is 10.1. The number of likely N-dealkylation sites (tertiary alicyclic amines) is 1. The van der Waals surface area contributed by atoms with Gasteiger partial charge < -0.3 is 23.8 Å². The van der Waals surface area contributed by atoms with Gasteiger partial charge in [0.15, 0.2) is 0 Å². The summed E-state index contributed by atoms with van der Waals surface area (Å²) in [5.74, 6) is 1.63. The second-order valence-electron chi connectivity index (χ2n) is 12.2. The normalized spacial score (nSPS) is 14.8. The fraction of sp³-hybridized carbons (Fsp3) is 0.306. The summed E-state index contributed by atoms with van der Waals surface area (Å²) in [6, 6.07) is 29.7. The zero-order valence-electron chi connectivity index (χ0n) is 26.1. The SMILES string of the molecule is Cn1nc(-c2ccc(OCc3ccccc3)nc2OCc2ccccc2)c2ccc(OC3CCN(C(=O)OC(C)(C)C)C3)cc21. The highest BCUT2D eigenvalue weighted by Gasteiger charge is 2.31. The van der Waals surface area contributed by atoms with Crippen LogP contribution in [-0.2, 0) is 25.0 Å². The van der Waals surface area contributed by atoms with E-state index >= 15 is 0 Å². The first kappa shape index (κ1) is 30.0. The minimum atomic E-state index is -0.532. The van der Waals surface area contributed by atoms with Crippen molar-refractivity contribution in [2.75, 3.05) is 13.1 Å². The molecule has 0 bridgehead atoms. The zero-order valence-corrected chi connectivity index (χ0v) is 26.1. The van der Waals surface area contributed by atoms with Gasteiger partial charge in [0.1, 0.15) is 36.4 Å². The summed E-state index contributed by atoms with van der Waals surface area (Å²) in [7, 11) is 1.91. The van der Waals surface area contributed by atoms with Crippen molar-refractivity contribution >= 4 is 17.0 Å².